The van der Waals surface area contributed by atoms with Crippen LogP contribution in [-0.4, -0.2) is 45.2 Å². The predicted molar refractivity (Wildman–Crippen MR) is 110 cm³/mol. The Hall–Kier alpha value is -3.68. The zero-order valence-corrected chi connectivity index (χ0v) is 15.9. The number of ether oxygens (including phenoxy) is 1. The molecule has 0 spiro atoms. The van der Waals surface area contributed by atoms with Crippen LogP contribution in [0.3, 0.4) is 0 Å². The van der Waals surface area contributed by atoms with Crippen LogP contribution >= 0.6 is 0 Å². The van der Waals surface area contributed by atoms with Gasteiger partial charge in [-0.15, -0.1) is 5.10 Å². The number of aromatic nitrogens is 4. The van der Waals surface area contributed by atoms with Gasteiger partial charge in [0.25, 0.3) is 0 Å². The second-order valence-electron chi connectivity index (χ2n) is 6.98. The summed E-state index contributed by atoms with van der Waals surface area (Å²) in [5.41, 5.74) is 2.37. The highest BCUT2D eigenvalue weighted by atomic mass is 16.5. The molecule has 29 heavy (non-hydrogen) atoms. The van der Waals surface area contributed by atoms with Crippen molar-refractivity contribution in [2.75, 3.05) is 19.0 Å². The number of carbonyl (C=O) groups excluding carboxylic acids is 1. The zero-order chi connectivity index (χ0) is 19.8. The molecule has 2 aromatic heterocycles. The molecule has 5 rings (SSSR count). The quantitative estimate of drug-likeness (QED) is 0.558. The summed E-state index contributed by atoms with van der Waals surface area (Å²) >= 11 is 0. The standard InChI is InChI=1S/C21H20N6O2/c1-29-14-10-8-13(9-11-14)18-25-19-15-5-2-3-6-16(15)23-21(27(19)26-18)24-17-7-4-12-22-20(17)28/h2-3,5-6,8-11,17H,4,7,12H2,1H3,(H,22,28)(H,23,24). The van der Waals surface area contributed by atoms with Gasteiger partial charge in [-0.1, -0.05) is 12.1 Å². The van der Waals surface area contributed by atoms with E-state index in [0.29, 0.717) is 24.0 Å². The average molecular weight is 388 g/mol. The number of fused-ring (bicyclic) bond motifs is 3. The first kappa shape index (κ1) is 17.4. The lowest BCUT2D eigenvalue weighted by atomic mass is 10.1. The summed E-state index contributed by atoms with van der Waals surface area (Å²) in [6.07, 6.45) is 1.68. The third-order valence-corrected chi connectivity index (χ3v) is 5.12. The van der Waals surface area contributed by atoms with Gasteiger partial charge in [-0.2, -0.15) is 4.52 Å². The number of hydrogen-bond donors (Lipinski definition) is 2. The lowest BCUT2D eigenvalue weighted by Gasteiger charge is -2.23. The molecule has 146 valence electrons. The molecule has 4 aromatic rings. The maximum absolute atomic E-state index is 12.2. The lowest BCUT2D eigenvalue weighted by Crippen LogP contribution is -2.44. The molecule has 0 bridgehead atoms. The summed E-state index contributed by atoms with van der Waals surface area (Å²) in [6.45, 7) is 0.711. The number of carbonyl (C=O) groups is 1. The number of anilines is 1. The van der Waals surface area contributed by atoms with Crippen LogP contribution in [0.4, 0.5) is 5.95 Å². The molecule has 2 aromatic carbocycles. The minimum atomic E-state index is -0.339. The van der Waals surface area contributed by atoms with Crippen molar-refractivity contribution in [2.24, 2.45) is 0 Å². The van der Waals surface area contributed by atoms with Gasteiger partial charge in [-0.05, 0) is 49.2 Å². The van der Waals surface area contributed by atoms with Crippen molar-refractivity contribution in [1.29, 1.82) is 0 Å². The van der Waals surface area contributed by atoms with Crippen LogP contribution in [-0.2, 0) is 4.79 Å². The van der Waals surface area contributed by atoms with Crippen molar-refractivity contribution in [3.05, 3.63) is 48.5 Å². The fourth-order valence-corrected chi connectivity index (χ4v) is 3.58. The number of piperidine rings is 1. The summed E-state index contributed by atoms with van der Waals surface area (Å²) in [5.74, 6) is 1.85. The molecule has 0 radical (unpaired) electrons. The van der Waals surface area contributed by atoms with Gasteiger partial charge < -0.3 is 15.4 Å². The second kappa shape index (κ2) is 7.05. The Labute approximate surface area is 166 Å². The molecule has 0 aliphatic carbocycles. The van der Waals surface area contributed by atoms with Crippen LogP contribution in [0.5, 0.6) is 5.75 Å². The van der Waals surface area contributed by atoms with Crippen molar-refractivity contribution in [1.82, 2.24) is 24.9 Å². The molecule has 1 atom stereocenters. The number of benzene rings is 2. The molecular formula is C21H20N6O2. The van der Waals surface area contributed by atoms with Gasteiger partial charge in [0.2, 0.25) is 11.9 Å². The maximum atomic E-state index is 12.2. The SMILES string of the molecule is COc1ccc(-c2nc3c4ccccc4nc(NC4CCCNC4=O)n3n2)cc1. The van der Waals surface area contributed by atoms with Crippen molar-refractivity contribution >= 4 is 28.4 Å². The van der Waals surface area contributed by atoms with E-state index in [2.05, 4.69) is 15.7 Å². The molecular weight excluding hydrogens is 368 g/mol. The van der Waals surface area contributed by atoms with Crippen LogP contribution in [0.1, 0.15) is 12.8 Å². The number of nitrogens with one attached hydrogen (secondary N) is 2. The minimum Gasteiger partial charge on any atom is -0.497 e. The van der Waals surface area contributed by atoms with Crippen LogP contribution in [0.15, 0.2) is 48.5 Å². The molecule has 1 aliphatic heterocycles. The molecule has 8 heteroatoms. The summed E-state index contributed by atoms with van der Waals surface area (Å²) in [5, 5.41) is 11.7. The van der Waals surface area contributed by atoms with Gasteiger partial charge in [0.05, 0.1) is 12.6 Å². The van der Waals surface area contributed by atoms with E-state index in [9.17, 15) is 4.79 Å². The summed E-state index contributed by atoms with van der Waals surface area (Å²) in [7, 11) is 1.63. The van der Waals surface area contributed by atoms with E-state index in [-0.39, 0.29) is 11.9 Å². The molecule has 2 N–H and O–H groups in total. The number of rotatable bonds is 4. The molecule has 1 unspecified atom stereocenters. The Morgan fingerprint density at radius 2 is 1.97 bits per heavy atom. The molecule has 1 saturated heterocycles. The number of nitrogens with zero attached hydrogens (tertiary/aromatic N) is 4. The fraction of sp³-hybridized carbons (Fsp3) is 0.238. The highest BCUT2D eigenvalue weighted by Gasteiger charge is 2.24. The van der Waals surface area contributed by atoms with Gasteiger partial charge >= 0.3 is 0 Å². The summed E-state index contributed by atoms with van der Waals surface area (Å²) in [4.78, 5) is 21.7. The number of para-hydroxylation sites is 1. The highest BCUT2D eigenvalue weighted by Crippen LogP contribution is 2.26. The highest BCUT2D eigenvalue weighted by molar-refractivity contribution is 5.93. The van der Waals surface area contributed by atoms with E-state index in [1.807, 2.05) is 48.5 Å². The predicted octanol–water partition coefficient (Wildman–Crippen LogP) is 2.64. The monoisotopic (exact) mass is 388 g/mol. The first-order valence-corrected chi connectivity index (χ1v) is 9.57. The van der Waals surface area contributed by atoms with Crippen molar-refractivity contribution < 1.29 is 9.53 Å². The largest absolute Gasteiger partial charge is 0.497 e. The summed E-state index contributed by atoms with van der Waals surface area (Å²) in [6, 6.07) is 15.1. The number of hydrogen-bond acceptors (Lipinski definition) is 6. The Morgan fingerprint density at radius 1 is 1.14 bits per heavy atom. The van der Waals surface area contributed by atoms with E-state index >= 15 is 0 Å². The Balaban J connectivity index is 1.64. The van der Waals surface area contributed by atoms with E-state index in [4.69, 9.17) is 14.7 Å². The van der Waals surface area contributed by atoms with Crippen molar-refractivity contribution in [2.45, 2.75) is 18.9 Å². The topological polar surface area (TPSA) is 93.4 Å². The Morgan fingerprint density at radius 3 is 2.76 bits per heavy atom. The zero-order valence-electron chi connectivity index (χ0n) is 15.9. The van der Waals surface area contributed by atoms with E-state index < -0.39 is 0 Å². The average Bonchev–Trinajstić information content (AvgIpc) is 3.21. The van der Waals surface area contributed by atoms with Gasteiger partial charge in [0.15, 0.2) is 11.5 Å². The molecule has 0 saturated carbocycles. The fourth-order valence-electron chi connectivity index (χ4n) is 3.58. The molecule has 1 fully saturated rings. The van der Waals surface area contributed by atoms with E-state index in [1.54, 1.807) is 11.6 Å². The first-order valence-electron chi connectivity index (χ1n) is 9.57. The Bertz CT molecular complexity index is 1200. The normalized spacial score (nSPS) is 16.7. The second-order valence-corrected chi connectivity index (χ2v) is 6.98. The lowest BCUT2D eigenvalue weighted by molar-refractivity contribution is -0.123. The minimum absolute atomic E-state index is 0.0187. The van der Waals surface area contributed by atoms with E-state index in [1.165, 1.54) is 0 Å². The van der Waals surface area contributed by atoms with Crippen molar-refractivity contribution in [3.8, 4) is 17.1 Å². The van der Waals surface area contributed by atoms with Crippen molar-refractivity contribution in [3.63, 3.8) is 0 Å². The van der Waals surface area contributed by atoms with Gasteiger partial charge in [0, 0.05) is 17.5 Å². The molecule has 1 amide bonds. The van der Waals surface area contributed by atoms with Gasteiger partial charge in [0.1, 0.15) is 11.8 Å². The summed E-state index contributed by atoms with van der Waals surface area (Å²) < 4.78 is 6.92. The van der Waals surface area contributed by atoms with E-state index in [0.717, 1.165) is 35.1 Å². The van der Waals surface area contributed by atoms with Crippen LogP contribution in [0, 0.1) is 0 Å². The number of amides is 1. The number of methoxy groups -OCH3 is 1. The molecule has 1 aliphatic rings. The first-order chi connectivity index (χ1) is 14.2. The van der Waals surface area contributed by atoms with Crippen LogP contribution in [0.2, 0.25) is 0 Å². The maximum Gasteiger partial charge on any atom is 0.242 e. The third-order valence-electron chi connectivity index (χ3n) is 5.12. The third kappa shape index (κ3) is 3.12. The van der Waals surface area contributed by atoms with Crippen LogP contribution < -0.4 is 15.4 Å². The smallest absolute Gasteiger partial charge is 0.242 e. The van der Waals surface area contributed by atoms with Gasteiger partial charge in [-0.3, -0.25) is 4.79 Å². The van der Waals surface area contributed by atoms with Crippen LogP contribution in [0.25, 0.3) is 27.9 Å². The molecule has 8 nitrogen and oxygen atoms in total. The Kier molecular flexibility index (Phi) is 4.23. The molecule has 3 heterocycles. The van der Waals surface area contributed by atoms with Gasteiger partial charge in [-0.25, -0.2) is 9.97 Å².